The van der Waals surface area contributed by atoms with E-state index in [2.05, 4.69) is 4.99 Å². The van der Waals surface area contributed by atoms with Crippen molar-refractivity contribution in [2.75, 3.05) is 7.11 Å². The molecule has 0 aliphatic carbocycles. The summed E-state index contributed by atoms with van der Waals surface area (Å²) in [6.45, 7) is 3.80. The number of fused-ring (bicyclic) bond motifs is 1. The number of nitriles is 1. The number of ether oxygens (including phenoxy) is 2. The number of benzene rings is 1. The zero-order chi connectivity index (χ0) is 14.0. The van der Waals surface area contributed by atoms with Crippen molar-refractivity contribution in [2.45, 2.75) is 20.0 Å². The van der Waals surface area contributed by atoms with Crippen molar-refractivity contribution in [2.24, 2.45) is 10.9 Å². The molecule has 0 fully saturated rings. The highest BCUT2D eigenvalue weighted by Gasteiger charge is 2.26. The third kappa shape index (κ3) is 2.43. The molecule has 0 aromatic heterocycles. The van der Waals surface area contributed by atoms with Crippen LogP contribution in [0.4, 0.5) is 5.69 Å². The third-order valence-electron chi connectivity index (χ3n) is 2.69. The predicted molar refractivity (Wildman–Crippen MR) is 70.3 cm³/mol. The summed E-state index contributed by atoms with van der Waals surface area (Å²) in [7, 11) is 1.51. The number of nitrogens with zero attached hydrogens (tertiary/aromatic N) is 2. The Morgan fingerprint density at radius 1 is 1.37 bits per heavy atom. The van der Waals surface area contributed by atoms with Crippen LogP contribution in [-0.4, -0.2) is 25.2 Å². The molecule has 1 aliphatic heterocycles. The van der Waals surface area contributed by atoms with Crippen LogP contribution in [0.1, 0.15) is 24.2 Å². The zero-order valence-corrected chi connectivity index (χ0v) is 11.0. The topological polar surface area (TPSA) is 71.7 Å². The lowest BCUT2D eigenvalue weighted by Gasteiger charge is -2.18. The van der Waals surface area contributed by atoms with Crippen LogP contribution in [0.2, 0.25) is 0 Å². The fourth-order valence-electron chi connectivity index (χ4n) is 1.84. The standard InChI is InChI=1S/C14H14N2O3/c1-8(2)19-13-5-11-10(4-12(13)18-3)14(17)9(6-15)7-16-11/h4-5,7-9H,1-3H3. The molecule has 1 atom stereocenters. The molecule has 0 saturated carbocycles. The van der Waals surface area contributed by atoms with Crippen LogP contribution >= 0.6 is 0 Å². The first-order chi connectivity index (χ1) is 9.06. The van der Waals surface area contributed by atoms with Gasteiger partial charge >= 0.3 is 0 Å². The van der Waals surface area contributed by atoms with E-state index < -0.39 is 5.92 Å². The monoisotopic (exact) mass is 258 g/mol. The Labute approximate surface area is 111 Å². The first-order valence-electron chi connectivity index (χ1n) is 5.93. The highest BCUT2D eigenvalue weighted by Crippen LogP contribution is 2.38. The largest absolute Gasteiger partial charge is 0.493 e. The number of rotatable bonds is 3. The molecule has 0 N–H and O–H groups in total. The molecule has 0 radical (unpaired) electrons. The van der Waals surface area contributed by atoms with E-state index in [4.69, 9.17) is 14.7 Å². The maximum absolute atomic E-state index is 12.0. The fraction of sp³-hybridized carbons (Fsp3) is 0.357. The third-order valence-corrected chi connectivity index (χ3v) is 2.69. The van der Waals surface area contributed by atoms with E-state index in [9.17, 15) is 4.79 Å². The number of methoxy groups -OCH3 is 1. The van der Waals surface area contributed by atoms with E-state index in [-0.39, 0.29) is 11.9 Å². The van der Waals surface area contributed by atoms with E-state index in [1.54, 1.807) is 12.1 Å². The molecule has 0 bridgehead atoms. The van der Waals surface area contributed by atoms with Gasteiger partial charge in [-0.15, -0.1) is 0 Å². The molecule has 0 saturated heterocycles. The number of hydrogen-bond acceptors (Lipinski definition) is 5. The summed E-state index contributed by atoms with van der Waals surface area (Å²) in [6, 6.07) is 5.15. The van der Waals surface area contributed by atoms with Gasteiger partial charge in [-0.3, -0.25) is 9.79 Å². The average molecular weight is 258 g/mol. The van der Waals surface area contributed by atoms with Gasteiger partial charge in [-0.1, -0.05) is 0 Å². The average Bonchev–Trinajstić information content (AvgIpc) is 2.38. The number of aliphatic imine (C=N–C) groups is 1. The van der Waals surface area contributed by atoms with Crippen LogP contribution in [0.3, 0.4) is 0 Å². The van der Waals surface area contributed by atoms with Crippen molar-refractivity contribution in [3.05, 3.63) is 17.7 Å². The minimum absolute atomic E-state index is 0.0120. The van der Waals surface area contributed by atoms with E-state index in [0.717, 1.165) is 0 Å². The molecule has 0 spiro atoms. The first-order valence-corrected chi connectivity index (χ1v) is 5.93. The molecule has 1 unspecified atom stereocenters. The van der Waals surface area contributed by atoms with Gasteiger partial charge in [-0.05, 0) is 19.9 Å². The predicted octanol–water partition coefficient (Wildman–Crippen LogP) is 2.52. The van der Waals surface area contributed by atoms with Crippen LogP contribution in [0.5, 0.6) is 11.5 Å². The Balaban J connectivity index is 2.50. The minimum Gasteiger partial charge on any atom is -0.493 e. The van der Waals surface area contributed by atoms with Gasteiger partial charge in [0.25, 0.3) is 0 Å². The van der Waals surface area contributed by atoms with E-state index in [1.165, 1.54) is 13.3 Å². The minimum atomic E-state index is -0.825. The van der Waals surface area contributed by atoms with Crippen LogP contribution in [0, 0.1) is 17.2 Å². The highest BCUT2D eigenvalue weighted by molar-refractivity contribution is 6.14. The molecule has 98 valence electrons. The van der Waals surface area contributed by atoms with Crippen molar-refractivity contribution in [3.63, 3.8) is 0 Å². The molecular weight excluding hydrogens is 244 g/mol. The molecule has 1 aromatic carbocycles. The van der Waals surface area contributed by atoms with Crippen LogP contribution in [0.25, 0.3) is 0 Å². The van der Waals surface area contributed by atoms with E-state index in [1.807, 2.05) is 19.9 Å². The Morgan fingerprint density at radius 2 is 2.11 bits per heavy atom. The molecule has 1 aromatic rings. The lowest BCUT2D eigenvalue weighted by atomic mass is 9.95. The van der Waals surface area contributed by atoms with Crippen molar-refractivity contribution >= 4 is 17.7 Å². The fourth-order valence-corrected chi connectivity index (χ4v) is 1.84. The van der Waals surface area contributed by atoms with Crippen molar-refractivity contribution < 1.29 is 14.3 Å². The quantitative estimate of drug-likeness (QED) is 0.835. The molecule has 5 heteroatoms. The lowest BCUT2D eigenvalue weighted by molar-refractivity contribution is 0.0975. The van der Waals surface area contributed by atoms with Crippen molar-refractivity contribution in [1.82, 2.24) is 0 Å². The van der Waals surface area contributed by atoms with Gasteiger partial charge in [0, 0.05) is 17.8 Å². The number of carbonyl (C=O) groups is 1. The second kappa shape index (κ2) is 5.11. The summed E-state index contributed by atoms with van der Waals surface area (Å²) in [5, 5.41) is 8.87. The zero-order valence-electron chi connectivity index (χ0n) is 11.0. The van der Waals surface area contributed by atoms with Crippen LogP contribution in [0.15, 0.2) is 17.1 Å². The summed E-state index contributed by atoms with van der Waals surface area (Å²) >= 11 is 0. The molecule has 5 nitrogen and oxygen atoms in total. The Kier molecular flexibility index (Phi) is 3.52. The Morgan fingerprint density at radius 3 is 2.68 bits per heavy atom. The van der Waals surface area contributed by atoms with Gasteiger partial charge in [0.15, 0.2) is 17.3 Å². The maximum Gasteiger partial charge on any atom is 0.187 e. The highest BCUT2D eigenvalue weighted by atomic mass is 16.5. The Bertz CT molecular complexity index is 585. The maximum atomic E-state index is 12.0. The summed E-state index contributed by atoms with van der Waals surface area (Å²) in [6.07, 6.45) is 1.35. The number of ketones is 1. The molecule has 1 heterocycles. The Hall–Kier alpha value is -2.35. The molecular formula is C14H14N2O3. The summed E-state index contributed by atoms with van der Waals surface area (Å²) in [5.74, 6) is -0.0813. The SMILES string of the molecule is COc1cc2c(cc1OC(C)C)N=CC(C#N)C2=O. The van der Waals surface area contributed by atoms with Gasteiger partial charge in [-0.2, -0.15) is 5.26 Å². The molecule has 0 amide bonds. The number of hydrogen-bond donors (Lipinski definition) is 0. The van der Waals surface area contributed by atoms with Gasteiger partial charge in [0.2, 0.25) is 0 Å². The molecule has 2 rings (SSSR count). The van der Waals surface area contributed by atoms with Gasteiger partial charge in [0.05, 0.1) is 25.0 Å². The van der Waals surface area contributed by atoms with Gasteiger partial charge in [0.1, 0.15) is 5.92 Å². The van der Waals surface area contributed by atoms with Crippen LogP contribution in [-0.2, 0) is 0 Å². The normalized spacial score (nSPS) is 17.0. The first kappa shape index (κ1) is 13.1. The smallest absolute Gasteiger partial charge is 0.187 e. The summed E-state index contributed by atoms with van der Waals surface area (Å²) < 4.78 is 10.8. The van der Waals surface area contributed by atoms with Gasteiger partial charge < -0.3 is 9.47 Å². The number of Topliss-reactive ketones (excluding diaryl/α,β-unsaturated/α-hetero) is 1. The summed E-state index contributed by atoms with van der Waals surface area (Å²) in [4.78, 5) is 16.2. The second-order valence-corrected chi connectivity index (χ2v) is 4.44. The van der Waals surface area contributed by atoms with Crippen molar-refractivity contribution in [1.29, 1.82) is 5.26 Å². The van der Waals surface area contributed by atoms with Crippen LogP contribution < -0.4 is 9.47 Å². The molecule has 19 heavy (non-hydrogen) atoms. The van der Waals surface area contributed by atoms with Gasteiger partial charge in [-0.25, -0.2) is 0 Å². The number of carbonyl (C=O) groups excluding carboxylic acids is 1. The lowest BCUT2D eigenvalue weighted by Crippen LogP contribution is -2.18. The van der Waals surface area contributed by atoms with Crippen molar-refractivity contribution in [3.8, 4) is 17.6 Å². The molecule has 1 aliphatic rings. The van der Waals surface area contributed by atoms with E-state index >= 15 is 0 Å². The van der Waals surface area contributed by atoms with E-state index in [0.29, 0.717) is 22.7 Å². The summed E-state index contributed by atoms with van der Waals surface area (Å²) in [5.41, 5.74) is 0.898. The second-order valence-electron chi connectivity index (χ2n) is 4.44.